The van der Waals surface area contributed by atoms with Crippen molar-refractivity contribution in [2.75, 3.05) is 13.1 Å². The number of rotatable bonds is 3. The largest absolute Gasteiger partial charge is 0.329 e. The van der Waals surface area contributed by atoms with Crippen molar-refractivity contribution in [1.82, 2.24) is 4.90 Å². The summed E-state index contributed by atoms with van der Waals surface area (Å²) in [5, 5.41) is 0. The number of likely N-dealkylation sites (tertiary alicyclic amines) is 1. The first-order valence-corrected chi connectivity index (χ1v) is 7.89. The van der Waals surface area contributed by atoms with Crippen molar-refractivity contribution in [3.63, 3.8) is 0 Å². The molecular weight excluding hydrogens is 220 g/mol. The molecular formula is C16H32N2. The molecule has 0 unspecified atom stereocenters. The molecule has 0 bridgehead atoms. The van der Waals surface area contributed by atoms with Gasteiger partial charge in [-0.05, 0) is 70.8 Å². The second kappa shape index (κ2) is 5.13. The topological polar surface area (TPSA) is 29.3 Å². The molecule has 106 valence electrons. The number of hydrogen-bond acceptors (Lipinski definition) is 2. The zero-order chi connectivity index (χ0) is 13.4. The molecule has 1 saturated carbocycles. The van der Waals surface area contributed by atoms with Gasteiger partial charge in [0.1, 0.15) is 0 Å². The highest BCUT2D eigenvalue weighted by molar-refractivity contribution is 5.03. The minimum absolute atomic E-state index is 0.311. The predicted molar refractivity (Wildman–Crippen MR) is 78.6 cm³/mol. The minimum Gasteiger partial charge on any atom is -0.329 e. The molecule has 0 amide bonds. The van der Waals surface area contributed by atoms with Crippen molar-refractivity contribution in [1.29, 1.82) is 0 Å². The van der Waals surface area contributed by atoms with Gasteiger partial charge in [0.25, 0.3) is 0 Å². The van der Waals surface area contributed by atoms with Gasteiger partial charge < -0.3 is 5.73 Å². The lowest BCUT2D eigenvalue weighted by molar-refractivity contribution is -0.00701. The quantitative estimate of drug-likeness (QED) is 0.834. The monoisotopic (exact) mass is 252 g/mol. The van der Waals surface area contributed by atoms with E-state index in [1.54, 1.807) is 0 Å². The first-order chi connectivity index (χ1) is 8.41. The van der Waals surface area contributed by atoms with E-state index in [1.807, 2.05) is 0 Å². The molecule has 2 fully saturated rings. The summed E-state index contributed by atoms with van der Waals surface area (Å²) in [4.78, 5) is 2.76. The standard InChI is InChI=1S/C16H32N2/c1-13(2)14-6-9-16(12-17,10-7-14)18-11-5-8-15(18,3)4/h13-14H,5-12,17H2,1-4H3. The zero-order valence-electron chi connectivity index (χ0n) is 12.8. The van der Waals surface area contributed by atoms with E-state index >= 15 is 0 Å². The van der Waals surface area contributed by atoms with Crippen LogP contribution in [0.3, 0.4) is 0 Å². The van der Waals surface area contributed by atoms with Gasteiger partial charge in [0.05, 0.1) is 0 Å². The smallest absolute Gasteiger partial charge is 0.0337 e. The van der Waals surface area contributed by atoms with Gasteiger partial charge in [-0.1, -0.05) is 13.8 Å². The molecule has 1 aliphatic carbocycles. The van der Waals surface area contributed by atoms with Crippen molar-refractivity contribution in [3.8, 4) is 0 Å². The van der Waals surface area contributed by atoms with E-state index < -0.39 is 0 Å². The molecule has 18 heavy (non-hydrogen) atoms. The van der Waals surface area contributed by atoms with Crippen molar-refractivity contribution in [2.45, 2.75) is 77.3 Å². The van der Waals surface area contributed by atoms with Gasteiger partial charge in [0, 0.05) is 17.6 Å². The third kappa shape index (κ3) is 2.46. The van der Waals surface area contributed by atoms with Crippen molar-refractivity contribution >= 4 is 0 Å². The summed E-state index contributed by atoms with van der Waals surface area (Å²) in [6.45, 7) is 11.7. The Bertz CT molecular complexity index is 275. The van der Waals surface area contributed by atoms with Gasteiger partial charge in [-0.25, -0.2) is 0 Å². The highest BCUT2D eigenvalue weighted by atomic mass is 15.3. The Balaban J connectivity index is 2.09. The van der Waals surface area contributed by atoms with E-state index in [9.17, 15) is 0 Å². The predicted octanol–water partition coefficient (Wildman–Crippen LogP) is 3.40. The maximum atomic E-state index is 6.22. The van der Waals surface area contributed by atoms with E-state index in [-0.39, 0.29) is 0 Å². The van der Waals surface area contributed by atoms with Crippen LogP contribution in [0, 0.1) is 11.8 Å². The van der Waals surface area contributed by atoms with E-state index in [2.05, 4.69) is 32.6 Å². The van der Waals surface area contributed by atoms with Gasteiger partial charge >= 0.3 is 0 Å². The first-order valence-electron chi connectivity index (χ1n) is 7.89. The van der Waals surface area contributed by atoms with Crippen molar-refractivity contribution in [3.05, 3.63) is 0 Å². The summed E-state index contributed by atoms with van der Waals surface area (Å²) < 4.78 is 0. The summed E-state index contributed by atoms with van der Waals surface area (Å²) in [5.74, 6) is 1.77. The van der Waals surface area contributed by atoms with Crippen LogP contribution < -0.4 is 5.73 Å². The van der Waals surface area contributed by atoms with Gasteiger partial charge in [0.15, 0.2) is 0 Å². The number of nitrogens with two attached hydrogens (primary N) is 1. The average Bonchev–Trinajstić information content (AvgIpc) is 2.69. The molecule has 2 rings (SSSR count). The Morgan fingerprint density at radius 1 is 1.17 bits per heavy atom. The normalized spacial score (nSPS) is 37.3. The lowest BCUT2D eigenvalue weighted by Gasteiger charge is -2.52. The Morgan fingerprint density at radius 3 is 2.17 bits per heavy atom. The molecule has 0 radical (unpaired) electrons. The number of nitrogens with zero attached hydrogens (tertiary/aromatic N) is 1. The van der Waals surface area contributed by atoms with Crippen molar-refractivity contribution in [2.24, 2.45) is 17.6 Å². The summed E-state index contributed by atoms with van der Waals surface area (Å²) in [6.07, 6.45) is 8.07. The van der Waals surface area contributed by atoms with Crippen LogP contribution in [0.2, 0.25) is 0 Å². The van der Waals surface area contributed by atoms with Gasteiger partial charge in [-0.15, -0.1) is 0 Å². The molecule has 2 N–H and O–H groups in total. The number of hydrogen-bond donors (Lipinski definition) is 1. The highest BCUT2D eigenvalue weighted by Crippen LogP contribution is 2.44. The second-order valence-electron chi connectivity index (χ2n) is 7.58. The molecule has 1 saturated heterocycles. The fraction of sp³-hybridized carbons (Fsp3) is 1.00. The van der Waals surface area contributed by atoms with Gasteiger partial charge in [-0.2, -0.15) is 0 Å². The van der Waals surface area contributed by atoms with Crippen LogP contribution in [0.4, 0.5) is 0 Å². The van der Waals surface area contributed by atoms with E-state index in [0.29, 0.717) is 11.1 Å². The highest BCUT2D eigenvalue weighted by Gasteiger charge is 2.47. The molecule has 0 spiro atoms. The molecule has 0 atom stereocenters. The Hall–Kier alpha value is -0.0800. The lowest BCUT2D eigenvalue weighted by atomic mass is 9.71. The van der Waals surface area contributed by atoms with E-state index in [1.165, 1.54) is 45.1 Å². The maximum Gasteiger partial charge on any atom is 0.0337 e. The summed E-state index contributed by atoms with van der Waals surface area (Å²) in [6, 6.07) is 0. The fourth-order valence-corrected chi connectivity index (χ4v) is 4.41. The molecule has 2 nitrogen and oxygen atoms in total. The molecule has 1 aliphatic heterocycles. The first kappa shape index (κ1) is 14.3. The van der Waals surface area contributed by atoms with Crippen LogP contribution in [0.5, 0.6) is 0 Å². The van der Waals surface area contributed by atoms with Crippen molar-refractivity contribution < 1.29 is 0 Å². The summed E-state index contributed by atoms with van der Waals surface area (Å²) in [7, 11) is 0. The Labute approximate surface area is 113 Å². The van der Waals surface area contributed by atoms with E-state index in [4.69, 9.17) is 5.73 Å². The van der Waals surface area contributed by atoms with Crippen LogP contribution in [0.1, 0.15) is 66.2 Å². The molecule has 1 heterocycles. The minimum atomic E-state index is 0.311. The zero-order valence-corrected chi connectivity index (χ0v) is 12.8. The van der Waals surface area contributed by atoms with E-state index in [0.717, 1.165) is 18.4 Å². The SMILES string of the molecule is CC(C)C1CCC(CN)(N2CCCC2(C)C)CC1. The molecule has 0 aromatic rings. The van der Waals surface area contributed by atoms with Crippen LogP contribution in [-0.4, -0.2) is 29.1 Å². The molecule has 2 heteroatoms. The Kier molecular flexibility index (Phi) is 4.08. The van der Waals surface area contributed by atoms with Gasteiger partial charge in [0.2, 0.25) is 0 Å². The summed E-state index contributed by atoms with van der Waals surface area (Å²) >= 11 is 0. The second-order valence-corrected chi connectivity index (χ2v) is 7.58. The van der Waals surface area contributed by atoms with Crippen LogP contribution >= 0.6 is 0 Å². The molecule has 2 aliphatic rings. The molecule has 0 aromatic heterocycles. The average molecular weight is 252 g/mol. The van der Waals surface area contributed by atoms with Crippen LogP contribution in [0.15, 0.2) is 0 Å². The molecule has 0 aromatic carbocycles. The van der Waals surface area contributed by atoms with Crippen LogP contribution in [-0.2, 0) is 0 Å². The summed E-state index contributed by atoms with van der Waals surface area (Å²) in [5.41, 5.74) is 6.90. The fourth-order valence-electron chi connectivity index (χ4n) is 4.41. The van der Waals surface area contributed by atoms with Gasteiger partial charge in [-0.3, -0.25) is 4.90 Å². The maximum absolute atomic E-state index is 6.22. The lowest BCUT2D eigenvalue weighted by Crippen LogP contribution is -2.60. The third-order valence-electron chi connectivity index (χ3n) is 5.76. The Morgan fingerprint density at radius 2 is 1.78 bits per heavy atom. The third-order valence-corrected chi connectivity index (χ3v) is 5.76. The van der Waals surface area contributed by atoms with Crippen LogP contribution in [0.25, 0.3) is 0 Å².